The highest BCUT2D eigenvalue weighted by Gasteiger charge is 2.41. The number of amides is 2. The predicted octanol–water partition coefficient (Wildman–Crippen LogP) is 2.00. The zero-order chi connectivity index (χ0) is 28.4. The lowest BCUT2D eigenvalue weighted by molar-refractivity contribution is -0.159. The number of hydrazine groups is 1. The first-order chi connectivity index (χ1) is 18.7. The standard InChI is InChI=1S/C27H24N2O10/c1-36-19-12-6-10-17(14-19)26(34)38-21(24(31)29-28-23(30)16-8-4-3-5-9-16)22(25(32)33)39-27(35)18-11-7-13-20(15-18)37-2/h3-15,21-22H,1-2H3,(H,28,30)(H,29,31)(H,32,33)/t21-,22-/m0/s1. The first-order valence-electron chi connectivity index (χ1n) is 11.3. The third-order valence-corrected chi connectivity index (χ3v) is 5.19. The van der Waals surface area contributed by atoms with Crippen LogP contribution in [0.1, 0.15) is 31.1 Å². The summed E-state index contributed by atoms with van der Waals surface area (Å²) in [7, 11) is 2.74. The van der Waals surface area contributed by atoms with Gasteiger partial charge in [-0.15, -0.1) is 0 Å². The molecule has 0 aliphatic carbocycles. The number of esters is 2. The molecule has 3 N–H and O–H groups in total. The van der Waals surface area contributed by atoms with Crippen LogP contribution in [0.5, 0.6) is 11.5 Å². The van der Waals surface area contributed by atoms with Crippen LogP contribution < -0.4 is 20.3 Å². The van der Waals surface area contributed by atoms with Crippen molar-refractivity contribution in [3.05, 3.63) is 95.6 Å². The van der Waals surface area contributed by atoms with Gasteiger partial charge < -0.3 is 24.1 Å². The summed E-state index contributed by atoms with van der Waals surface area (Å²) in [5.74, 6) is -5.47. The quantitative estimate of drug-likeness (QED) is 0.258. The molecule has 0 aromatic heterocycles. The molecule has 0 aliphatic rings. The molecule has 0 spiro atoms. The van der Waals surface area contributed by atoms with E-state index in [9.17, 15) is 29.1 Å². The van der Waals surface area contributed by atoms with Crippen molar-refractivity contribution < 1.29 is 48.0 Å². The highest BCUT2D eigenvalue weighted by atomic mass is 16.6. The second-order valence-corrected chi connectivity index (χ2v) is 7.76. The van der Waals surface area contributed by atoms with E-state index < -0.39 is 41.9 Å². The van der Waals surface area contributed by atoms with Crippen molar-refractivity contribution in [3.8, 4) is 11.5 Å². The van der Waals surface area contributed by atoms with E-state index >= 15 is 0 Å². The SMILES string of the molecule is COc1cccc(C(=O)O[C@H](C(=O)O)[C@H](OC(=O)c2cccc(OC)c2)C(=O)NNC(=O)c2ccccc2)c1. The van der Waals surface area contributed by atoms with Crippen molar-refractivity contribution in [1.82, 2.24) is 10.9 Å². The maximum Gasteiger partial charge on any atom is 0.349 e. The van der Waals surface area contributed by atoms with Crippen LogP contribution in [0.4, 0.5) is 0 Å². The Bertz CT molecular complexity index is 1360. The third kappa shape index (κ3) is 7.55. The van der Waals surface area contributed by atoms with Crippen LogP contribution in [-0.2, 0) is 19.1 Å². The van der Waals surface area contributed by atoms with E-state index in [1.165, 1.54) is 62.8 Å². The second kappa shape index (κ2) is 13.2. The number of nitrogens with one attached hydrogen (secondary N) is 2. The van der Waals surface area contributed by atoms with Crippen molar-refractivity contribution in [1.29, 1.82) is 0 Å². The molecule has 3 aromatic carbocycles. The number of ether oxygens (including phenoxy) is 4. The van der Waals surface area contributed by atoms with E-state index in [0.717, 1.165) is 0 Å². The average molecular weight is 536 g/mol. The zero-order valence-electron chi connectivity index (χ0n) is 20.8. The maximum atomic E-state index is 13.0. The molecule has 3 aromatic rings. The molecule has 12 nitrogen and oxygen atoms in total. The van der Waals surface area contributed by atoms with Gasteiger partial charge in [-0.1, -0.05) is 30.3 Å². The van der Waals surface area contributed by atoms with E-state index in [0.29, 0.717) is 11.5 Å². The molecular formula is C27H24N2O10. The van der Waals surface area contributed by atoms with Gasteiger partial charge in [0, 0.05) is 5.56 Å². The molecule has 12 heteroatoms. The van der Waals surface area contributed by atoms with Gasteiger partial charge in [-0.25, -0.2) is 14.4 Å². The molecule has 0 saturated heterocycles. The molecule has 0 fully saturated rings. The van der Waals surface area contributed by atoms with Crippen LogP contribution in [0.3, 0.4) is 0 Å². The number of carbonyl (C=O) groups excluding carboxylic acids is 4. The monoisotopic (exact) mass is 536 g/mol. The molecule has 0 heterocycles. The van der Waals surface area contributed by atoms with Crippen LogP contribution in [0.15, 0.2) is 78.9 Å². The fourth-order valence-electron chi connectivity index (χ4n) is 3.21. The average Bonchev–Trinajstić information content (AvgIpc) is 2.97. The van der Waals surface area contributed by atoms with Crippen LogP contribution in [0.2, 0.25) is 0 Å². The van der Waals surface area contributed by atoms with Crippen LogP contribution in [0, 0.1) is 0 Å². The lowest BCUT2D eigenvalue weighted by atomic mass is 10.1. The largest absolute Gasteiger partial charge is 0.497 e. The van der Waals surface area contributed by atoms with Crippen molar-refractivity contribution in [2.75, 3.05) is 14.2 Å². The summed E-state index contributed by atoms with van der Waals surface area (Å²) >= 11 is 0. The molecule has 0 unspecified atom stereocenters. The van der Waals surface area contributed by atoms with Crippen molar-refractivity contribution in [2.45, 2.75) is 12.2 Å². The minimum Gasteiger partial charge on any atom is -0.497 e. The minimum atomic E-state index is -2.30. The van der Waals surface area contributed by atoms with Crippen LogP contribution in [0.25, 0.3) is 0 Å². The number of carboxylic acids is 1. The fourth-order valence-corrected chi connectivity index (χ4v) is 3.21. The summed E-state index contributed by atoms with van der Waals surface area (Å²) in [5.41, 5.74) is 4.13. The highest BCUT2D eigenvalue weighted by molar-refractivity contribution is 5.99. The Hall–Kier alpha value is -5.39. The molecule has 0 saturated carbocycles. The molecule has 0 aliphatic heterocycles. The number of hydrogen-bond acceptors (Lipinski definition) is 9. The van der Waals surface area contributed by atoms with Gasteiger partial charge in [-0.2, -0.15) is 0 Å². The van der Waals surface area contributed by atoms with E-state index in [1.807, 2.05) is 5.43 Å². The van der Waals surface area contributed by atoms with E-state index in [4.69, 9.17) is 18.9 Å². The van der Waals surface area contributed by atoms with Gasteiger partial charge in [-0.05, 0) is 48.5 Å². The number of hydrogen-bond donors (Lipinski definition) is 3. The van der Waals surface area contributed by atoms with E-state index in [-0.39, 0.29) is 16.7 Å². The van der Waals surface area contributed by atoms with Crippen molar-refractivity contribution in [3.63, 3.8) is 0 Å². The van der Waals surface area contributed by atoms with Gasteiger partial charge in [0.05, 0.1) is 25.3 Å². The highest BCUT2D eigenvalue weighted by Crippen LogP contribution is 2.18. The Morgan fingerprint density at radius 2 is 1.13 bits per heavy atom. The summed E-state index contributed by atoms with van der Waals surface area (Å²) in [6.45, 7) is 0. The number of rotatable bonds is 10. The molecule has 202 valence electrons. The summed E-state index contributed by atoms with van der Waals surface area (Å²) < 4.78 is 20.4. The smallest absolute Gasteiger partial charge is 0.349 e. The molecule has 3 rings (SSSR count). The summed E-state index contributed by atoms with van der Waals surface area (Å²) in [6.07, 6.45) is -4.52. The Morgan fingerprint density at radius 3 is 1.62 bits per heavy atom. The summed E-state index contributed by atoms with van der Waals surface area (Å²) in [4.78, 5) is 63.1. The summed E-state index contributed by atoms with van der Waals surface area (Å²) in [6, 6.07) is 19.1. The van der Waals surface area contributed by atoms with Gasteiger partial charge in [-0.3, -0.25) is 20.4 Å². The molecule has 39 heavy (non-hydrogen) atoms. The topological polar surface area (TPSA) is 167 Å². The number of carbonyl (C=O) groups is 5. The Kier molecular flexibility index (Phi) is 9.57. The predicted molar refractivity (Wildman–Crippen MR) is 134 cm³/mol. The van der Waals surface area contributed by atoms with E-state index in [1.54, 1.807) is 30.3 Å². The summed E-state index contributed by atoms with van der Waals surface area (Å²) in [5, 5.41) is 9.83. The molecule has 2 amide bonds. The molecule has 0 bridgehead atoms. The molecule has 0 radical (unpaired) electrons. The zero-order valence-corrected chi connectivity index (χ0v) is 20.8. The number of methoxy groups -OCH3 is 2. The Morgan fingerprint density at radius 1 is 0.641 bits per heavy atom. The number of carboxylic acid groups (broad SMARTS) is 1. The van der Waals surface area contributed by atoms with Gasteiger partial charge in [0.2, 0.25) is 12.2 Å². The number of aliphatic carboxylic acids is 1. The normalized spacial score (nSPS) is 11.7. The van der Waals surface area contributed by atoms with Gasteiger partial charge >= 0.3 is 17.9 Å². The lowest BCUT2D eigenvalue weighted by Gasteiger charge is -2.23. The maximum absolute atomic E-state index is 13.0. The Balaban J connectivity index is 1.87. The first kappa shape index (κ1) is 28.2. The van der Waals surface area contributed by atoms with Crippen molar-refractivity contribution in [2.24, 2.45) is 0 Å². The van der Waals surface area contributed by atoms with Crippen LogP contribution in [-0.4, -0.2) is 61.3 Å². The fraction of sp³-hybridized carbons (Fsp3) is 0.148. The van der Waals surface area contributed by atoms with Gasteiger partial charge in [0.25, 0.3) is 11.8 Å². The minimum absolute atomic E-state index is 0.0799. The molecular weight excluding hydrogens is 512 g/mol. The van der Waals surface area contributed by atoms with Crippen molar-refractivity contribution >= 4 is 29.7 Å². The van der Waals surface area contributed by atoms with Crippen LogP contribution >= 0.6 is 0 Å². The van der Waals surface area contributed by atoms with Gasteiger partial charge in [0.15, 0.2) is 0 Å². The molecule has 2 atom stereocenters. The lowest BCUT2D eigenvalue weighted by Crippen LogP contribution is -2.54. The third-order valence-electron chi connectivity index (χ3n) is 5.19. The second-order valence-electron chi connectivity index (χ2n) is 7.76. The Labute approximate surface area is 222 Å². The van der Waals surface area contributed by atoms with E-state index in [2.05, 4.69) is 5.43 Å². The first-order valence-corrected chi connectivity index (χ1v) is 11.3. The number of benzene rings is 3. The van der Waals surface area contributed by atoms with Gasteiger partial charge in [0.1, 0.15) is 11.5 Å².